The summed E-state index contributed by atoms with van der Waals surface area (Å²) in [6, 6.07) is 4.94. The predicted molar refractivity (Wildman–Crippen MR) is 64.5 cm³/mol. The zero-order valence-electron chi connectivity index (χ0n) is 10.5. The van der Waals surface area contributed by atoms with Gasteiger partial charge in [0, 0.05) is 6.54 Å². The van der Waals surface area contributed by atoms with Gasteiger partial charge in [0.1, 0.15) is 18.2 Å². The van der Waals surface area contributed by atoms with Crippen LogP contribution in [0.3, 0.4) is 0 Å². The van der Waals surface area contributed by atoms with Crippen molar-refractivity contribution >= 4 is 0 Å². The van der Waals surface area contributed by atoms with Crippen molar-refractivity contribution in [3.05, 3.63) is 29.6 Å². The SMILES string of the molecule is CC(C)c1cc(OCCN(C)C)ccc1F. The standard InChI is InChI=1S/C13H20FNO/c1-10(2)12-9-11(5-6-13(12)14)16-8-7-15(3)4/h5-6,9-10H,7-8H2,1-4H3. The summed E-state index contributed by atoms with van der Waals surface area (Å²) in [4.78, 5) is 2.05. The van der Waals surface area contributed by atoms with Crippen LogP contribution in [0.4, 0.5) is 4.39 Å². The highest BCUT2D eigenvalue weighted by Crippen LogP contribution is 2.23. The lowest BCUT2D eigenvalue weighted by atomic mass is 10.0. The average molecular weight is 225 g/mol. The molecule has 0 fully saturated rings. The summed E-state index contributed by atoms with van der Waals surface area (Å²) < 4.78 is 19.0. The molecule has 0 spiro atoms. The van der Waals surface area contributed by atoms with E-state index < -0.39 is 0 Å². The first-order valence-corrected chi connectivity index (χ1v) is 5.57. The molecule has 0 radical (unpaired) electrons. The molecular formula is C13H20FNO. The molecule has 0 aliphatic rings. The first-order valence-electron chi connectivity index (χ1n) is 5.57. The van der Waals surface area contributed by atoms with E-state index in [1.165, 1.54) is 6.07 Å². The molecular weight excluding hydrogens is 205 g/mol. The second-order valence-electron chi connectivity index (χ2n) is 4.49. The summed E-state index contributed by atoms with van der Waals surface area (Å²) in [6.07, 6.45) is 0. The number of benzene rings is 1. The van der Waals surface area contributed by atoms with E-state index in [2.05, 4.69) is 0 Å². The van der Waals surface area contributed by atoms with Crippen LogP contribution >= 0.6 is 0 Å². The average Bonchev–Trinajstić information content (AvgIpc) is 2.19. The first kappa shape index (κ1) is 13.0. The van der Waals surface area contributed by atoms with Crippen molar-refractivity contribution in [2.24, 2.45) is 0 Å². The number of hydrogen-bond acceptors (Lipinski definition) is 2. The van der Waals surface area contributed by atoms with Gasteiger partial charge in [-0.2, -0.15) is 0 Å². The summed E-state index contributed by atoms with van der Waals surface area (Å²) in [5, 5.41) is 0. The van der Waals surface area contributed by atoms with E-state index in [1.54, 1.807) is 12.1 Å². The molecule has 1 aromatic carbocycles. The summed E-state index contributed by atoms with van der Waals surface area (Å²) >= 11 is 0. The fraction of sp³-hybridized carbons (Fsp3) is 0.538. The molecule has 0 saturated carbocycles. The minimum absolute atomic E-state index is 0.157. The van der Waals surface area contributed by atoms with Gasteiger partial charge in [-0.05, 0) is 43.8 Å². The topological polar surface area (TPSA) is 12.5 Å². The van der Waals surface area contributed by atoms with E-state index in [9.17, 15) is 4.39 Å². The van der Waals surface area contributed by atoms with E-state index in [0.29, 0.717) is 12.2 Å². The Bertz CT molecular complexity index is 337. The maximum absolute atomic E-state index is 13.4. The Labute approximate surface area is 97.0 Å². The highest BCUT2D eigenvalue weighted by molar-refractivity contribution is 5.31. The second kappa shape index (κ2) is 5.85. The second-order valence-corrected chi connectivity index (χ2v) is 4.49. The van der Waals surface area contributed by atoms with Crippen LogP contribution in [-0.4, -0.2) is 32.1 Å². The fourth-order valence-corrected chi connectivity index (χ4v) is 1.40. The Hall–Kier alpha value is -1.09. The molecule has 0 bridgehead atoms. The lowest BCUT2D eigenvalue weighted by molar-refractivity contribution is 0.261. The van der Waals surface area contributed by atoms with E-state index in [0.717, 1.165) is 12.3 Å². The van der Waals surface area contributed by atoms with Crippen molar-refractivity contribution in [3.63, 3.8) is 0 Å². The van der Waals surface area contributed by atoms with Crippen LogP contribution in [-0.2, 0) is 0 Å². The smallest absolute Gasteiger partial charge is 0.126 e. The highest BCUT2D eigenvalue weighted by Gasteiger charge is 2.07. The van der Waals surface area contributed by atoms with Gasteiger partial charge in [0.25, 0.3) is 0 Å². The zero-order chi connectivity index (χ0) is 12.1. The Morgan fingerprint density at radius 3 is 2.56 bits per heavy atom. The van der Waals surface area contributed by atoms with Gasteiger partial charge in [0.2, 0.25) is 0 Å². The van der Waals surface area contributed by atoms with Crippen molar-refractivity contribution in [2.75, 3.05) is 27.2 Å². The number of hydrogen-bond donors (Lipinski definition) is 0. The van der Waals surface area contributed by atoms with Gasteiger partial charge in [-0.1, -0.05) is 13.8 Å². The molecule has 0 aromatic heterocycles. The molecule has 1 rings (SSSR count). The number of likely N-dealkylation sites (N-methyl/N-ethyl adjacent to an activating group) is 1. The summed E-state index contributed by atoms with van der Waals surface area (Å²) in [5.74, 6) is 0.763. The van der Waals surface area contributed by atoms with Gasteiger partial charge in [-0.25, -0.2) is 4.39 Å². The van der Waals surface area contributed by atoms with Crippen LogP contribution in [0.1, 0.15) is 25.3 Å². The number of nitrogens with zero attached hydrogens (tertiary/aromatic N) is 1. The fourth-order valence-electron chi connectivity index (χ4n) is 1.40. The molecule has 0 N–H and O–H groups in total. The molecule has 0 unspecified atom stereocenters. The first-order chi connectivity index (χ1) is 7.50. The number of halogens is 1. The number of ether oxygens (including phenoxy) is 1. The van der Waals surface area contributed by atoms with Crippen molar-refractivity contribution in [1.29, 1.82) is 0 Å². The van der Waals surface area contributed by atoms with Crippen LogP contribution in [0.5, 0.6) is 5.75 Å². The Morgan fingerprint density at radius 2 is 2.00 bits per heavy atom. The molecule has 1 aromatic rings. The molecule has 0 atom stereocenters. The third kappa shape index (κ3) is 3.81. The minimum Gasteiger partial charge on any atom is -0.492 e. The lowest BCUT2D eigenvalue weighted by Crippen LogP contribution is -2.19. The number of rotatable bonds is 5. The summed E-state index contributed by atoms with van der Waals surface area (Å²) in [5.41, 5.74) is 0.711. The zero-order valence-corrected chi connectivity index (χ0v) is 10.5. The molecule has 2 nitrogen and oxygen atoms in total. The van der Waals surface area contributed by atoms with E-state index in [4.69, 9.17) is 4.74 Å². The molecule has 0 amide bonds. The van der Waals surface area contributed by atoms with Crippen LogP contribution in [0, 0.1) is 5.82 Å². The summed E-state index contributed by atoms with van der Waals surface area (Å²) in [6.45, 7) is 5.43. The molecule has 0 heterocycles. The highest BCUT2D eigenvalue weighted by atomic mass is 19.1. The van der Waals surface area contributed by atoms with Gasteiger partial charge in [0.15, 0.2) is 0 Å². The molecule has 0 aliphatic carbocycles. The van der Waals surface area contributed by atoms with Crippen molar-refractivity contribution in [2.45, 2.75) is 19.8 Å². The van der Waals surface area contributed by atoms with Crippen LogP contribution < -0.4 is 4.74 Å². The Morgan fingerprint density at radius 1 is 1.31 bits per heavy atom. The van der Waals surface area contributed by atoms with Crippen molar-refractivity contribution in [1.82, 2.24) is 4.90 Å². The predicted octanol–water partition coefficient (Wildman–Crippen LogP) is 2.89. The summed E-state index contributed by atoms with van der Waals surface area (Å²) in [7, 11) is 3.99. The van der Waals surface area contributed by atoms with Crippen LogP contribution in [0.25, 0.3) is 0 Å². The van der Waals surface area contributed by atoms with E-state index >= 15 is 0 Å². The monoisotopic (exact) mass is 225 g/mol. The van der Waals surface area contributed by atoms with Gasteiger partial charge in [-0.15, -0.1) is 0 Å². The Kier molecular flexibility index (Phi) is 4.74. The van der Waals surface area contributed by atoms with Crippen LogP contribution in [0.15, 0.2) is 18.2 Å². The van der Waals surface area contributed by atoms with Gasteiger partial charge >= 0.3 is 0 Å². The van der Waals surface area contributed by atoms with Gasteiger partial charge < -0.3 is 9.64 Å². The lowest BCUT2D eigenvalue weighted by Gasteiger charge is -2.13. The quantitative estimate of drug-likeness (QED) is 0.764. The van der Waals surface area contributed by atoms with Crippen molar-refractivity contribution in [3.8, 4) is 5.75 Å². The largest absolute Gasteiger partial charge is 0.492 e. The maximum atomic E-state index is 13.4. The molecule has 0 saturated heterocycles. The van der Waals surface area contributed by atoms with Gasteiger partial charge in [-0.3, -0.25) is 0 Å². The molecule has 0 aliphatic heterocycles. The third-order valence-corrected chi connectivity index (χ3v) is 2.40. The van der Waals surface area contributed by atoms with E-state index in [1.807, 2.05) is 32.8 Å². The Balaban J connectivity index is 2.64. The van der Waals surface area contributed by atoms with Crippen molar-refractivity contribution < 1.29 is 9.13 Å². The van der Waals surface area contributed by atoms with Crippen LogP contribution in [0.2, 0.25) is 0 Å². The molecule has 16 heavy (non-hydrogen) atoms. The third-order valence-electron chi connectivity index (χ3n) is 2.40. The maximum Gasteiger partial charge on any atom is 0.126 e. The minimum atomic E-state index is -0.157. The molecule has 3 heteroatoms. The van der Waals surface area contributed by atoms with E-state index in [-0.39, 0.29) is 11.7 Å². The molecule has 90 valence electrons. The normalized spacial score (nSPS) is 11.2. The van der Waals surface area contributed by atoms with Gasteiger partial charge in [0.05, 0.1) is 0 Å².